The molecule has 0 aromatic carbocycles. The van der Waals surface area contributed by atoms with E-state index in [0.29, 0.717) is 17.9 Å². The topological polar surface area (TPSA) is 26.8 Å². The van der Waals surface area contributed by atoms with Crippen LogP contribution in [-0.4, -0.2) is 81.4 Å². The highest BCUT2D eigenvalue weighted by Gasteiger charge is 2.29. The fourth-order valence-corrected chi connectivity index (χ4v) is 3.49. The highest BCUT2D eigenvalue weighted by Crippen LogP contribution is 2.19. The Hall–Kier alpha value is -0.0775. The monoisotopic (exact) mass is 267 g/mol. The maximum absolute atomic E-state index is 12.4. The Labute approximate surface area is 119 Å². The van der Waals surface area contributed by atoms with E-state index in [1.54, 1.807) is 0 Å². The minimum Gasteiger partial charge on any atom is -0.390 e. The molecule has 2 saturated heterocycles. The van der Waals surface area contributed by atoms with Crippen LogP contribution in [0.4, 0.5) is 0 Å². The van der Waals surface area contributed by atoms with Gasteiger partial charge in [0, 0.05) is 38.1 Å². The van der Waals surface area contributed by atoms with E-state index in [9.17, 15) is 4.79 Å². The average molecular weight is 267 g/mol. The molecule has 0 saturated carbocycles. The number of carbonyl (C=O) groups excluding carboxylic acids is 1. The Morgan fingerprint density at radius 2 is 1.61 bits per heavy atom. The van der Waals surface area contributed by atoms with Crippen molar-refractivity contribution in [3.63, 3.8) is 0 Å². The van der Waals surface area contributed by atoms with Crippen LogP contribution in [0.3, 0.4) is 0 Å². The van der Waals surface area contributed by atoms with Gasteiger partial charge in [0.2, 0.25) is 5.91 Å². The molecule has 2 rings (SSSR count). The SMILES string of the molecule is CC(C)N1CCN(C(=O)C2CC[N]([AlH2])CC2)CC1. The van der Waals surface area contributed by atoms with Crippen molar-refractivity contribution in [3.05, 3.63) is 0 Å². The van der Waals surface area contributed by atoms with Crippen LogP contribution in [0.1, 0.15) is 26.7 Å². The van der Waals surface area contributed by atoms with Gasteiger partial charge in [-0.3, -0.25) is 9.69 Å². The standard InChI is InChI=1S/C13H24N3O.Al.2H/c1-11(2)15-7-9-16(10-8-15)13(17)12-3-5-14-6-4-12;;;/h11-12H,3-10H2,1-2H3;;;/q-1;+1;;. The van der Waals surface area contributed by atoms with Crippen LogP contribution in [0.15, 0.2) is 0 Å². The normalized spacial score (nSPS) is 24.7. The first-order chi connectivity index (χ1) is 8.58. The number of hydrogen-bond donors (Lipinski definition) is 0. The summed E-state index contributed by atoms with van der Waals surface area (Å²) < 4.78 is 2.46. The van der Waals surface area contributed by atoms with Crippen molar-refractivity contribution in [3.8, 4) is 0 Å². The van der Waals surface area contributed by atoms with Crippen LogP contribution in [0, 0.1) is 5.92 Å². The molecule has 0 N–H and O–H groups in total. The molecular formula is C13H26AlN3O. The molecule has 5 heteroatoms. The van der Waals surface area contributed by atoms with Gasteiger partial charge in [0.15, 0.2) is 0 Å². The van der Waals surface area contributed by atoms with E-state index in [1.807, 2.05) is 0 Å². The molecule has 0 aromatic rings. The Morgan fingerprint density at radius 3 is 2.11 bits per heavy atom. The maximum Gasteiger partial charge on any atom is 0.321 e. The van der Waals surface area contributed by atoms with Gasteiger partial charge in [-0.05, 0) is 39.8 Å². The molecule has 0 bridgehead atoms. The minimum absolute atomic E-state index is 0.306. The van der Waals surface area contributed by atoms with Gasteiger partial charge in [-0.2, -0.15) is 0 Å². The van der Waals surface area contributed by atoms with E-state index in [2.05, 4.69) is 27.5 Å². The smallest absolute Gasteiger partial charge is 0.321 e. The molecule has 0 radical (unpaired) electrons. The molecule has 102 valence electrons. The molecule has 0 aliphatic carbocycles. The van der Waals surface area contributed by atoms with Crippen molar-refractivity contribution in [2.75, 3.05) is 39.3 Å². The predicted octanol–water partition coefficient (Wildman–Crippen LogP) is -0.201. The summed E-state index contributed by atoms with van der Waals surface area (Å²) in [6.45, 7) is 10.7. The molecule has 2 fully saturated rings. The molecular weight excluding hydrogens is 241 g/mol. The lowest BCUT2D eigenvalue weighted by atomic mass is 9.96. The van der Waals surface area contributed by atoms with Crippen molar-refractivity contribution < 1.29 is 4.79 Å². The third kappa shape index (κ3) is 3.48. The number of amides is 1. The van der Waals surface area contributed by atoms with Crippen molar-refractivity contribution in [2.24, 2.45) is 5.92 Å². The molecule has 2 aliphatic rings. The van der Waals surface area contributed by atoms with Gasteiger partial charge < -0.3 is 8.78 Å². The van der Waals surface area contributed by atoms with Gasteiger partial charge in [-0.25, -0.2) is 0 Å². The highest BCUT2D eigenvalue weighted by atomic mass is 27.1. The van der Waals surface area contributed by atoms with Gasteiger partial charge in [-0.15, -0.1) is 0 Å². The quantitative estimate of drug-likeness (QED) is 0.648. The van der Waals surface area contributed by atoms with Crippen molar-refractivity contribution in [1.82, 2.24) is 13.7 Å². The lowest BCUT2D eigenvalue weighted by molar-refractivity contribution is -0.138. The summed E-state index contributed by atoms with van der Waals surface area (Å²) in [6, 6.07) is 0.607. The fraction of sp³-hybridized carbons (Fsp3) is 0.923. The molecule has 0 atom stereocenters. The molecule has 2 aliphatic heterocycles. The van der Waals surface area contributed by atoms with Gasteiger partial charge >= 0.3 is 16.5 Å². The van der Waals surface area contributed by atoms with Gasteiger partial charge in [0.25, 0.3) is 0 Å². The number of rotatable bonds is 2. The molecule has 0 spiro atoms. The average Bonchev–Trinajstić information content (AvgIpc) is 2.39. The van der Waals surface area contributed by atoms with Crippen LogP contribution >= 0.6 is 0 Å². The lowest BCUT2D eigenvalue weighted by Crippen LogP contribution is -2.52. The first kappa shape index (κ1) is 14.3. The Balaban J connectivity index is 1.80. The van der Waals surface area contributed by atoms with E-state index in [0.717, 1.165) is 68.6 Å². The second-order valence-corrected chi connectivity index (χ2v) is 7.30. The first-order valence-corrected chi connectivity index (χ1v) is 8.18. The third-order valence-electron chi connectivity index (χ3n) is 4.42. The summed E-state index contributed by atoms with van der Waals surface area (Å²) in [4.78, 5) is 17.0. The number of piperazine rings is 1. The summed E-state index contributed by atoms with van der Waals surface area (Å²) in [7, 11) is 0. The Morgan fingerprint density at radius 1 is 1.06 bits per heavy atom. The van der Waals surface area contributed by atoms with E-state index in [1.165, 1.54) is 0 Å². The summed E-state index contributed by atoms with van der Waals surface area (Å²) >= 11 is 1.14. The van der Waals surface area contributed by atoms with E-state index >= 15 is 0 Å². The zero-order valence-corrected chi connectivity index (χ0v) is 14.1. The molecule has 4 nitrogen and oxygen atoms in total. The first-order valence-electron chi connectivity index (χ1n) is 7.29. The third-order valence-corrected chi connectivity index (χ3v) is 5.32. The Bertz CT molecular complexity index is 282. The summed E-state index contributed by atoms with van der Waals surface area (Å²) in [6.07, 6.45) is 2.15. The number of carbonyl (C=O) groups is 1. The predicted molar refractivity (Wildman–Crippen MR) is 76.1 cm³/mol. The van der Waals surface area contributed by atoms with Crippen molar-refractivity contribution >= 4 is 22.4 Å². The summed E-state index contributed by atoms with van der Waals surface area (Å²) in [5, 5.41) is 0. The van der Waals surface area contributed by atoms with E-state index in [4.69, 9.17) is 0 Å². The van der Waals surface area contributed by atoms with Gasteiger partial charge in [-0.1, -0.05) is 0 Å². The molecule has 0 aromatic heterocycles. The number of hydrogen-bond acceptors (Lipinski definition) is 3. The van der Waals surface area contributed by atoms with E-state index in [-0.39, 0.29) is 0 Å². The second-order valence-electron chi connectivity index (χ2n) is 6.03. The second kappa shape index (κ2) is 6.38. The van der Waals surface area contributed by atoms with Crippen molar-refractivity contribution in [2.45, 2.75) is 32.7 Å². The van der Waals surface area contributed by atoms with Gasteiger partial charge in [0.1, 0.15) is 0 Å². The molecule has 1 amide bonds. The maximum atomic E-state index is 12.4. The van der Waals surface area contributed by atoms with Crippen molar-refractivity contribution in [1.29, 1.82) is 0 Å². The molecule has 2 heterocycles. The van der Waals surface area contributed by atoms with Crippen LogP contribution < -0.4 is 0 Å². The summed E-state index contributed by atoms with van der Waals surface area (Å²) in [5.41, 5.74) is 0. The highest BCUT2D eigenvalue weighted by molar-refractivity contribution is 6.04. The van der Waals surface area contributed by atoms with Gasteiger partial charge in [0.05, 0.1) is 0 Å². The van der Waals surface area contributed by atoms with Crippen LogP contribution in [0.5, 0.6) is 0 Å². The van der Waals surface area contributed by atoms with Crippen LogP contribution in [-0.2, 0) is 4.79 Å². The fourth-order valence-electron chi connectivity index (χ4n) is 2.97. The zero-order chi connectivity index (χ0) is 13.1. The Kier molecular flexibility index (Phi) is 5.08. The number of nitrogens with zero attached hydrogens (tertiary/aromatic N) is 3. The summed E-state index contributed by atoms with van der Waals surface area (Å²) in [5.74, 6) is 0.731. The minimum atomic E-state index is 0.306. The molecule has 0 unspecified atom stereocenters. The number of piperidine rings is 1. The zero-order valence-electron chi connectivity index (χ0n) is 12.1. The van der Waals surface area contributed by atoms with Crippen LogP contribution in [0.2, 0.25) is 0 Å². The van der Waals surface area contributed by atoms with Crippen LogP contribution in [0.25, 0.3) is 0 Å². The van der Waals surface area contributed by atoms with E-state index < -0.39 is 0 Å². The largest absolute Gasteiger partial charge is 0.390 e. The lowest BCUT2D eigenvalue weighted by Gasteiger charge is -2.39. The molecule has 18 heavy (non-hydrogen) atoms.